The van der Waals surface area contributed by atoms with Crippen molar-refractivity contribution in [3.63, 3.8) is 0 Å². The largest absolute Gasteiger partial charge is 0.363 e. The lowest BCUT2D eigenvalue weighted by Crippen LogP contribution is -2.53. The molecule has 0 aliphatic carbocycles. The van der Waals surface area contributed by atoms with Crippen molar-refractivity contribution >= 4 is 11.5 Å². The van der Waals surface area contributed by atoms with E-state index in [1.54, 1.807) is 12.5 Å². The highest BCUT2D eigenvalue weighted by Gasteiger charge is 2.34. The van der Waals surface area contributed by atoms with Crippen molar-refractivity contribution in [2.24, 2.45) is 5.92 Å². The second-order valence-electron chi connectivity index (χ2n) is 5.23. The number of piperidine rings is 3. The molecule has 3 fully saturated rings. The topological polar surface area (TPSA) is 58.4 Å². The molecule has 2 aromatic heterocycles. The summed E-state index contributed by atoms with van der Waals surface area (Å²) in [6.45, 7) is 3.64. The Hall–Kier alpha value is -1.69. The zero-order chi connectivity index (χ0) is 11.9. The molecule has 0 spiro atoms. The van der Waals surface area contributed by atoms with Gasteiger partial charge in [0.15, 0.2) is 5.82 Å². The fourth-order valence-electron chi connectivity index (χ4n) is 3.16. The van der Waals surface area contributed by atoms with Crippen molar-refractivity contribution < 1.29 is 0 Å². The van der Waals surface area contributed by atoms with Crippen LogP contribution in [-0.4, -0.2) is 50.2 Å². The Balaban J connectivity index is 1.62. The Morgan fingerprint density at radius 1 is 1.28 bits per heavy atom. The fourth-order valence-corrected chi connectivity index (χ4v) is 3.16. The molecular formula is C12H16N6. The number of nitrogens with zero attached hydrogens (tertiary/aromatic N) is 5. The Morgan fingerprint density at radius 2 is 2.17 bits per heavy atom. The highest BCUT2D eigenvalue weighted by molar-refractivity contribution is 5.61. The van der Waals surface area contributed by atoms with Gasteiger partial charge in [-0.3, -0.25) is 4.40 Å². The third kappa shape index (κ3) is 1.56. The number of fused-ring (bicyclic) bond motifs is 4. The van der Waals surface area contributed by atoms with Crippen LogP contribution < -0.4 is 5.32 Å². The van der Waals surface area contributed by atoms with Crippen LogP contribution in [0, 0.1) is 5.92 Å². The first-order chi connectivity index (χ1) is 8.90. The van der Waals surface area contributed by atoms with E-state index in [1.807, 2.05) is 10.6 Å². The lowest BCUT2D eigenvalue weighted by molar-refractivity contribution is 0.0974. The number of anilines is 1. The van der Waals surface area contributed by atoms with Crippen molar-refractivity contribution in [1.82, 2.24) is 24.5 Å². The second kappa shape index (κ2) is 3.91. The van der Waals surface area contributed by atoms with E-state index in [-0.39, 0.29) is 0 Å². The number of nitrogens with one attached hydrogen (secondary N) is 1. The van der Waals surface area contributed by atoms with E-state index >= 15 is 0 Å². The van der Waals surface area contributed by atoms with Gasteiger partial charge >= 0.3 is 0 Å². The van der Waals surface area contributed by atoms with E-state index in [1.165, 1.54) is 25.9 Å². The minimum atomic E-state index is 0.503. The maximum Gasteiger partial charge on any atom is 0.203 e. The molecule has 1 atom stereocenters. The van der Waals surface area contributed by atoms with Gasteiger partial charge in [0.25, 0.3) is 0 Å². The molecule has 5 rings (SSSR count). The van der Waals surface area contributed by atoms with Crippen LogP contribution in [0.1, 0.15) is 12.8 Å². The van der Waals surface area contributed by atoms with E-state index in [9.17, 15) is 0 Å². The molecule has 6 nitrogen and oxygen atoms in total. The lowest BCUT2D eigenvalue weighted by Gasteiger charge is -2.45. The molecule has 0 aromatic carbocycles. The summed E-state index contributed by atoms with van der Waals surface area (Å²) < 4.78 is 1.90. The molecule has 3 saturated heterocycles. The molecule has 2 bridgehead atoms. The third-order valence-corrected chi connectivity index (χ3v) is 4.19. The molecule has 3 aliphatic heterocycles. The molecule has 0 radical (unpaired) electrons. The van der Waals surface area contributed by atoms with Gasteiger partial charge in [0.1, 0.15) is 6.33 Å². The van der Waals surface area contributed by atoms with E-state index < -0.39 is 0 Å². The quantitative estimate of drug-likeness (QED) is 0.839. The van der Waals surface area contributed by atoms with Gasteiger partial charge in [-0.05, 0) is 31.8 Å². The summed E-state index contributed by atoms with van der Waals surface area (Å²) in [5.41, 5.74) is 0.814. The first-order valence-electron chi connectivity index (χ1n) is 6.53. The van der Waals surface area contributed by atoms with Crippen molar-refractivity contribution in [2.45, 2.75) is 18.9 Å². The fraction of sp³-hybridized carbons (Fsp3) is 0.583. The molecule has 0 saturated carbocycles. The van der Waals surface area contributed by atoms with Crippen molar-refractivity contribution in [3.05, 3.63) is 18.7 Å². The molecule has 0 amide bonds. The maximum atomic E-state index is 4.40. The van der Waals surface area contributed by atoms with Gasteiger partial charge in [-0.15, -0.1) is 10.2 Å². The van der Waals surface area contributed by atoms with Gasteiger partial charge in [0.2, 0.25) is 5.65 Å². The Kier molecular flexibility index (Phi) is 2.23. The standard InChI is InChI=1S/C12H16N6/c1-4-17-5-2-9(1)10(7-17)15-11-12-16-14-8-18(12)6-3-13-11/h3,6,8-10H,1-2,4-5,7H2,(H,13,15). The summed E-state index contributed by atoms with van der Waals surface area (Å²) in [6, 6.07) is 0.503. The van der Waals surface area contributed by atoms with Crippen LogP contribution in [0.2, 0.25) is 0 Å². The highest BCUT2D eigenvalue weighted by atomic mass is 15.3. The second-order valence-corrected chi connectivity index (χ2v) is 5.23. The van der Waals surface area contributed by atoms with Gasteiger partial charge in [0.05, 0.1) is 0 Å². The molecular weight excluding hydrogens is 228 g/mol. The van der Waals surface area contributed by atoms with Crippen molar-refractivity contribution in [3.8, 4) is 0 Å². The number of aromatic nitrogens is 4. The lowest BCUT2D eigenvalue weighted by atomic mass is 9.84. The highest BCUT2D eigenvalue weighted by Crippen LogP contribution is 2.29. The van der Waals surface area contributed by atoms with Gasteiger partial charge in [0, 0.05) is 25.0 Å². The number of hydrogen-bond donors (Lipinski definition) is 1. The van der Waals surface area contributed by atoms with Gasteiger partial charge in [-0.2, -0.15) is 0 Å². The van der Waals surface area contributed by atoms with Crippen LogP contribution >= 0.6 is 0 Å². The molecule has 18 heavy (non-hydrogen) atoms. The summed E-state index contributed by atoms with van der Waals surface area (Å²) >= 11 is 0. The van der Waals surface area contributed by atoms with E-state index in [2.05, 4.69) is 25.4 Å². The van der Waals surface area contributed by atoms with Crippen LogP contribution in [0.4, 0.5) is 5.82 Å². The summed E-state index contributed by atoms with van der Waals surface area (Å²) in [6.07, 6.45) is 7.97. The smallest absolute Gasteiger partial charge is 0.203 e. The Bertz CT molecular complexity index is 556. The van der Waals surface area contributed by atoms with Crippen LogP contribution in [0.5, 0.6) is 0 Å². The minimum Gasteiger partial charge on any atom is -0.363 e. The zero-order valence-electron chi connectivity index (χ0n) is 10.2. The van der Waals surface area contributed by atoms with E-state index in [4.69, 9.17) is 0 Å². The molecule has 2 aromatic rings. The average Bonchev–Trinajstić information content (AvgIpc) is 2.90. The summed E-state index contributed by atoms with van der Waals surface area (Å²) in [4.78, 5) is 6.93. The van der Waals surface area contributed by atoms with Crippen molar-refractivity contribution in [2.75, 3.05) is 25.0 Å². The number of rotatable bonds is 2. The average molecular weight is 244 g/mol. The van der Waals surface area contributed by atoms with Gasteiger partial charge < -0.3 is 10.2 Å². The minimum absolute atomic E-state index is 0.503. The SMILES string of the molecule is c1cn2cnnc2c(NC2CN3CCC2CC3)n1. The number of hydrogen-bond acceptors (Lipinski definition) is 5. The molecule has 6 heteroatoms. The third-order valence-electron chi connectivity index (χ3n) is 4.19. The summed E-state index contributed by atoms with van der Waals surface area (Å²) in [5, 5.41) is 11.6. The molecule has 94 valence electrons. The zero-order valence-corrected chi connectivity index (χ0v) is 10.2. The summed E-state index contributed by atoms with van der Waals surface area (Å²) in [7, 11) is 0. The van der Waals surface area contributed by atoms with Crippen LogP contribution in [-0.2, 0) is 0 Å². The maximum absolute atomic E-state index is 4.40. The van der Waals surface area contributed by atoms with Crippen LogP contribution in [0.25, 0.3) is 5.65 Å². The molecule has 1 unspecified atom stereocenters. The first kappa shape index (κ1) is 10.3. The van der Waals surface area contributed by atoms with Crippen LogP contribution in [0.15, 0.2) is 18.7 Å². The molecule has 1 N–H and O–H groups in total. The van der Waals surface area contributed by atoms with E-state index in [0.29, 0.717) is 6.04 Å². The van der Waals surface area contributed by atoms with Gasteiger partial charge in [-0.1, -0.05) is 0 Å². The van der Waals surface area contributed by atoms with Gasteiger partial charge in [-0.25, -0.2) is 4.98 Å². The monoisotopic (exact) mass is 244 g/mol. The Labute approximate surface area is 105 Å². The van der Waals surface area contributed by atoms with Crippen molar-refractivity contribution in [1.29, 1.82) is 0 Å². The summed E-state index contributed by atoms with van der Waals surface area (Å²) in [5.74, 6) is 1.63. The predicted octanol–water partition coefficient (Wildman–Crippen LogP) is 0.630. The Morgan fingerprint density at radius 3 is 2.94 bits per heavy atom. The predicted molar refractivity (Wildman–Crippen MR) is 67.4 cm³/mol. The van der Waals surface area contributed by atoms with E-state index in [0.717, 1.165) is 23.9 Å². The normalized spacial score (nSPS) is 30.8. The molecule has 5 heterocycles. The van der Waals surface area contributed by atoms with Crippen LogP contribution in [0.3, 0.4) is 0 Å². The first-order valence-corrected chi connectivity index (χ1v) is 6.53. The molecule has 3 aliphatic rings.